The van der Waals surface area contributed by atoms with Crippen molar-refractivity contribution in [3.63, 3.8) is 0 Å². The molecule has 22 heavy (non-hydrogen) atoms. The lowest BCUT2D eigenvalue weighted by Crippen LogP contribution is -2.31. The van der Waals surface area contributed by atoms with Crippen LogP contribution in [0.15, 0.2) is 42.7 Å². The summed E-state index contributed by atoms with van der Waals surface area (Å²) in [6, 6.07) is 8.14. The van der Waals surface area contributed by atoms with Crippen LogP contribution in [0.2, 0.25) is 0 Å². The number of nitrogens with zero attached hydrogens (tertiary/aromatic N) is 1. The van der Waals surface area contributed by atoms with Crippen molar-refractivity contribution in [2.45, 2.75) is 0 Å². The first-order valence-electron chi connectivity index (χ1n) is 6.59. The highest BCUT2D eigenvalue weighted by molar-refractivity contribution is 6.36. The highest BCUT2D eigenvalue weighted by Crippen LogP contribution is 2.27. The molecule has 6 heteroatoms. The summed E-state index contributed by atoms with van der Waals surface area (Å²) in [5, 5.41) is 2.57. The number of pyridine rings is 1. The van der Waals surface area contributed by atoms with Gasteiger partial charge in [-0.25, -0.2) is 0 Å². The second-order valence-electron chi connectivity index (χ2n) is 4.80. The van der Waals surface area contributed by atoms with E-state index in [9.17, 15) is 14.4 Å². The molecule has 0 aliphatic heterocycles. The fourth-order valence-electron chi connectivity index (χ4n) is 2.39. The minimum Gasteiger partial charge on any atom is -0.497 e. The molecule has 2 aromatic rings. The van der Waals surface area contributed by atoms with Gasteiger partial charge in [0, 0.05) is 35.3 Å². The van der Waals surface area contributed by atoms with Gasteiger partial charge in [-0.1, -0.05) is 6.07 Å². The second-order valence-corrected chi connectivity index (χ2v) is 4.80. The third-order valence-corrected chi connectivity index (χ3v) is 3.48. The molecule has 6 nitrogen and oxygen atoms in total. The van der Waals surface area contributed by atoms with Gasteiger partial charge < -0.3 is 10.1 Å². The van der Waals surface area contributed by atoms with E-state index in [0.717, 1.165) is 0 Å². The number of ketones is 2. The number of fused-ring (bicyclic) bond motifs is 1. The molecule has 0 saturated heterocycles. The lowest BCUT2D eigenvalue weighted by Gasteiger charge is -2.09. The third kappa shape index (κ3) is 2.24. The number of ether oxygens (including phenoxy) is 1. The van der Waals surface area contributed by atoms with Gasteiger partial charge in [0.15, 0.2) is 17.5 Å². The molecule has 0 radical (unpaired) electrons. The SMILES string of the molecule is COc1cccc(NC(=O)C2C(=O)c3ccncc3C2=O)c1. The van der Waals surface area contributed by atoms with Gasteiger partial charge in [-0.2, -0.15) is 0 Å². The van der Waals surface area contributed by atoms with Gasteiger partial charge in [-0.15, -0.1) is 0 Å². The highest BCUT2D eigenvalue weighted by atomic mass is 16.5. The summed E-state index contributed by atoms with van der Waals surface area (Å²) in [5.74, 6) is -2.46. The Morgan fingerprint density at radius 2 is 1.95 bits per heavy atom. The fraction of sp³-hybridized carbons (Fsp3) is 0.125. The number of Topliss-reactive ketones (excluding diaryl/α,β-unsaturated/α-hetero) is 2. The number of aromatic nitrogens is 1. The van der Waals surface area contributed by atoms with Crippen molar-refractivity contribution in [3.8, 4) is 5.75 Å². The van der Waals surface area contributed by atoms with Crippen LogP contribution in [-0.4, -0.2) is 29.6 Å². The average molecular weight is 296 g/mol. The minimum absolute atomic E-state index is 0.193. The van der Waals surface area contributed by atoms with Crippen molar-refractivity contribution in [1.29, 1.82) is 0 Å². The van der Waals surface area contributed by atoms with Crippen molar-refractivity contribution >= 4 is 23.2 Å². The smallest absolute Gasteiger partial charge is 0.243 e. The highest BCUT2D eigenvalue weighted by Gasteiger charge is 2.43. The normalized spacial score (nSPS) is 16.3. The topological polar surface area (TPSA) is 85.4 Å². The maximum Gasteiger partial charge on any atom is 0.243 e. The molecule has 1 aromatic heterocycles. The van der Waals surface area contributed by atoms with Crippen LogP contribution in [0.1, 0.15) is 20.7 Å². The predicted octanol–water partition coefficient (Wildman–Crippen LogP) is 1.72. The van der Waals surface area contributed by atoms with Crippen LogP contribution >= 0.6 is 0 Å². The van der Waals surface area contributed by atoms with Crippen LogP contribution < -0.4 is 10.1 Å². The van der Waals surface area contributed by atoms with Crippen LogP contribution in [0.25, 0.3) is 0 Å². The Bertz CT molecular complexity index is 750. The minimum atomic E-state index is -1.36. The van der Waals surface area contributed by atoms with E-state index in [4.69, 9.17) is 4.74 Å². The molecule has 0 saturated carbocycles. The largest absolute Gasteiger partial charge is 0.497 e. The first kappa shape index (κ1) is 13.9. The molecule has 1 unspecified atom stereocenters. The molecule has 1 aliphatic rings. The lowest BCUT2D eigenvalue weighted by atomic mass is 10.0. The molecular weight excluding hydrogens is 284 g/mol. The first-order chi connectivity index (χ1) is 10.6. The monoisotopic (exact) mass is 296 g/mol. The number of carbonyl (C=O) groups excluding carboxylic acids is 3. The number of benzene rings is 1. The Labute approximate surface area is 126 Å². The number of hydrogen-bond donors (Lipinski definition) is 1. The van der Waals surface area contributed by atoms with E-state index in [0.29, 0.717) is 11.4 Å². The van der Waals surface area contributed by atoms with Crippen LogP contribution in [-0.2, 0) is 4.79 Å². The van der Waals surface area contributed by atoms with E-state index in [1.807, 2.05) is 0 Å². The summed E-state index contributed by atoms with van der Waals surface area (Å²) >= 11 is 0. The molecule has 1 N–H and O–H groups in total. The fourth-order valence-corrected chi connectivity index (χ4v) is 2.39. The van der Waals surface area contributed by atoms with E-state index in [1.54, 1.807) is 24.3 Å². The third-order valence-electron chi connectivity index (χ3n) is 3.48. The van der Waals surface area contributed by atoms with Crippen LogP contribution in [0.5, 0.6) is 5.75 Å². The summed E-state index contributed by atoms with van der Waals surface area (Å²) in [7, 11) is 1.51. The maximum absolute atomic E-state index is 12.3. The van der Waals surface area contributed by atoms with Gasteiger partial charge in [0.25, 0.3) is 0 Å². The van der Waals surface area contributed by atoms with Crippen molar-refractivity contribution in [2.24, 2.45) is 5.92 Å². The van der Waals surface area contributed by atoms with Gasteiger partial charge in [0.05, 0.1) is 7.11 Å². The number of anilines is 1. The van der Waals surface area contributed by atoms with E-state index in [2.05, 4.69) is 10.3 Å². The molecule has 110 valence electrons. The van der Waals surface area contributed by atoms with Gasteiger partial charge in [0.1, 0.15) is 5.75 Å². The molecule has 1 amide bonds. The summed E-state index contributed by atoms with van der Waals surface area (Å²) in [5.41, 5.74) is 0.892. The Balaban J connectivity index is 1.85. The Morgan fingerprint density at radius 3 is 2.68 bits per heavy atom. The van der Waals surface area contributed by atoms with E-state index in [-0.39, 0.29) is 11.1 Å². The molecular formula is C16H12N2O4. The standard InChI is InChI=1S/C16H12N2O4/c1-22-10-4-2-3-9(7-10)18-16(21)13-14(19)11-5-6-17-8-12(11)15(13)20/h2-8,13H,1H3,(H,18,21). The van der Waals surface area contributed by atoms with Gasteiger partial charge in [0.2, 0.25) is 5.91 Å². The molecule has 1 aliphatic carbocycles. The zero-order chi connectivity index (χ0) is 15.7. The molecule has 0 spiro atoms. The zero-order valence-electron chi connectivity index (χ0n) is 11.7. The first-order valence-corrected chi connectivity index (χ1v) is 6.59. The summed E-state index contributed by atoms with van der Waals surface area (Å²) in [6.07, 6.45) is 2.74. The molecule has 0 bridgehead atoms. The van der Waals surface area contributed by atoms with Crippen LogP contribution in [0, 0.1) is 5.92 Å². The van der Waals surface area contributed by atoms with E-state index >= 15 is 0 Å². The van der Waals surface area contributed by atoms with Crippen LogP contribution in [0.3, 0.4) is 0 Å². The van der Waals surface area contributed by atoms with Gasteiger partial charge in [-0.3, -0.25) is 19.4 Å². The van der Waals surface area contributed by atoms with Gasteiger partial charge >= 0.3 is 0 Å². The summed E-state index contributed by atoms with van der Waals surface area (Å²) in [4.78, 5) is 40.6. The maximum atomic E-state index is 12.3. The number of rotatable bonds is 3. The average Bonchev–Trinajstić information content (AvgIpc) is 2.79. The Morgan fingerprint density at radius 1 is 1.18 bits per heavy atom. The van der Waals surface area contributed by atoms with E-state index < -0.39 is 23.4 Å². The number of nitrogens with one attached hydrogen (secondary N) is 1. The summed E-state index contributed by atoms with van der Waals surface area (Å²) < 4.78 is 5.06. The Hall–Kier alpha value is -3.02. The Kier molecular flexibility index (Phi) is 3.42. The molecule has 0 fully saturated rings. The van der Waals surface area contributed by atoms with Crippen molar-refractivity contribution in [3.05, 3.63) is 53.9 Å². The van der Waals surface area contributed by atoms with Crippen molar-refractivity contribution < 1.29 is 19.1 Å². The molecule has 1 aromatic carbocycles. The zero-order valence-corrected chi connectivity index (χ0v) is 11.7. The number of methoxy groups -OCH3 is 1. The van der Waals surface area contributed by atoms with Crippen LogP contribution in [0.4, 0.5) is 5.69 Å². The predicted molar refractivity (Wildman–Crippen MR) is 78.0 cm³/mol. The number of carbonyl (C=O) groups is 3. The lowest BCUT2D eigenvalue weighted by molar-refractivity contribution is -0.117. The summed E-state index contributed by atoms with van der Waals surface area (Å²) in [6.45, 7) is 0. The second kappa shape index (κ2) is 5.40. The van der Waals surface area contributed by atoms with E-state index in [1.165, 1.54) is 25.6 Å². The number of amides is 1. The molecule has 1 heterocycles. The number of hydrogen-bond acceptors (Lipinski definition) is 5. The van der Waals surface area contributed by atoms with Gasteiger partial charge in [-0.05, 0) is 18.2 Å². The van der Waals surface area contributed by atoms with Crippen molar-refractivity contribution in [2.75, 3.05) is 12.4 Å². The molecule has 1 atom stereocenters. The van der Waals surface area contributed by atoms with Crippen molar-refractivity contribution in [1.82, 2.24) is 4.98 Å². The quantitative estimate of drug-likeness (QED) is 0.872. The molecule has 3 rings (SSSR count).